The van der Waals surface area contributed by atoms with E-state index in [1.807, 2.05) is 24.3 Å². The van der Waals surface area contributed by atoms with Crippen LogP contribution in [0.25, 0.3) is 0 Å². The van der Waals surface area contributed by atoms with Crippen LogP contribution in [0.4, 0.5) is 0 Å². The highest BCUT2D eigenvalue weighted by molar-refractivity contribution is 7.99. The smallest absolute Gasteiger partial charge is 0.120 e. The van der Waals surface area contributed by atoms with Gasteiger partial charge >= 0.3 is 0 Å². The highest BCUT2D eigenvalue weighted by Crippen LogP contribution is 2.29. The predicted octanol–water partition coefficient (Wildman–Crippen LogP) is 3.40. The maximum absolute atomic E-state index is 10.1. The zero-order valence-corrected chi connectivity index (χ0v) is 11.2. The Morgan fingerprint density at radius 1 is 1.41 bits per heavy atom. The number of rotatable bonds is 6. The fourth-order valence-corrected chi connectivity index (χ4v) is 2.31. The molecule has 94 valence electrons. The number of aliphatic hydroxyl groups excluding tert-OH is 1. The molecule has 2 rings (SSSR count). The molecule has 0 amide bonds. The minimum atomic E-state index is -0.398. The van der Waals surface area contributed by atoms with Gasteiger partial charge in [0, 0.05) is 5.75 Å². The van der Waals surface area contributed by atoms with Crippen LogP contribution in [-0.4, -0.2) is 22.2 Å². The lowest BCUT2D eigenvalue weighted by Crippen LogP contribution is -2.04. The first kappa shape index (κ1) is 12.8. The van der Waals surface area contributed by atoms with Crippen LogP contribution in [0, 0.1) is 0 Å². The van der Waals surface area contributed by atoms with E-state index in [4.69, 9.17) is 4.74 Å². The fraction of sp³-hybridized carbons (Fsp3) is 0.571. The zero-order chi connectivity index (χ0) is 12.3. The zero-order valence-electron chi connectivity index (χ0n) is 10.4. The van der Waals surface area contributed by atoms with E-state index >= 15 is 0 Å². The molecule has 0 saturated heterocycles. The number of aliphatic hydroxyl groups is 1. The Morgan fingerprint density at radius 3 is 2.82 bits per heavy atom. The number of ether oxygens (including phenoxy) is 1. The van der Waals surface area contributed by atoms with Crippen molar-refractivity contribution in [2.45, 2.75) is 44.1 Å². The molecule has 1 aromatic carbocycles. The monoisotopic (exact) mass is 252 g/mol. The van der Waals surface area contributed by atoms with Crippen molar-refractivity contribution in [3.05, 3.63) is 29.8 Å². The summed E-state index contributed by atoms with van der Waals surface area (Å²) in [7, 11) is 0. The average Bonchev–Trinajstić information content (AvgIpc) is 3.10. The Balaban J connectivity index is 1.93. The first-order valence-electron chi connectivity index (χ1n) is 6.21. The van der Waals surface area contributed by atoms with E-state index in [2.05, 4.69) is 13.8 Å². The van der Waals surface area contributed by atoms with Crippen LogP contribution in [0.1, 0.15) is 38.4 Å². The van der Waals surface area contributed by atoms with Crippen LogP contribution >= 0.6 is 11.8 Å². The first-order chi connectivity index (χ1) is 8.15. The minimum Gasteiger partial charge on any atom is -0.490 e. The molecule has 0 heterocycles. The molecule has 1 unspecified atom stereocenters. The van der Waals surface area contributed by atoms with E-state index in [1.165, 1.54) is 0 Å². The number of benzene rings is 1. The van der Waals surface area contributed by atoms with Gasteiger partial charge in [0.1, 0.15) is 5.75 Å². The van der Waals surface area contributed by atoms with Crippen LogP contribution in [-0.2, 0) is 0 Å². The van der Waals surface area contributed by atoms with Gasteiger partial charge in [0.25, 0.3) is 0 Å². The summed E-state index contributed by atoms with van der Waals surface area (Å²) in [6.45, 7) is 4.29. The summed E-state index contributed by atoms with van der Waals surface area (Å²) >= 11 is 1.78. The molecule has 1 aromatic rings. The van der Waals surface area contributed by atoms with Crippen LogP contribution in [0.2, 0.25) is 0 Å². The van der Waals surface area contributed by atoms with E-state index in [0.717, 1.165) is 29.9 Å². The standard InChI is InChI=1S/C14H20O2S/c1-10(2)17-9-14(15)11-4-3-5-13(8-11)16-12-6-7-12/h3-5,8,10,12,14-15H,6-7,9H2,1-2H3. The van der Waals surface area contributed by atoms with Crippen molar-refractivity contribution in [3.8, 4) is 5.75 Å². The van der Waals surface area contributed by atoms with Gasteiger partial charge in [-0.25, -0.2) is 0 Å². The third-order valence-electron chi connectivity index (χ3n) is 2.66. The molecule has 0 aliphatic heterocycles. The fourth-order valence-electron chi connectivity index (χ4n) is 1.55. The molecule has 0 radical (unpaired) electrons. The molecule has 1 aliphatic rings. The molecule has 17 heavy (non-hydrogen) atoms. The third kappa shape index (κ3) is 4.25. The second-order valence-electron chi connectivity index (χ2n) is 4.79. The van der Waals surface area contributed by atoms with E-state index in [-0.39, 0.29) is 0 Å². The van der Waals surface area contributed by atoms with Gasteiger partial charge in [-0.3, -0.25) is 0 Å². The average molecular weight is 252 g/mol. The highest BCUT2D eigenvalue weighted by Gasteiger charge is 2.23. The van der Waals surface area contributed by atoms with Crippen molar-refractivity contribution in [1.82, 2.24) is 0 Å². The summed E-state index contributed by atoms with van der Waals surface area (Å²) in [5.74, 6) is 1.63. The van der Waals surface area contributed by atoms with Gasteiger partial charge in [0.15, 0.2) is 0 Å². The Morgan fingerprint density at radius 2 is 2.18 bits per heavy atom. The molecule has 1 fully saturated rings. The van der Waals surface area contributed by atoms with Gasteiger partial charge in [-0.1, -0.05) is 26.0 Å². The number of hydrogen-bond donors (Lipinski definition) is 1. The van der Waals surface area contributed by atoms with Crippen LogP contribution in [0.3, 0.4) is 0 Å². The maximum Gasteiger partial charge on any atom is 0.120 e. The molecule has 1 atom stereocenters. The summed E-state index contributed by atoms with van der Waals surface area (Å²) in [5, 5.41) is 10.6. The molecular formula is C14H20O2S. The second kappa shape index (κ2) is 5.78. The van der Waals surface area contributed by atoms with E-state index in [0.29, 0.717) is 11.4 Å². The van der Waals surface area contributed by atoms with Crippen molar-refractivity contribution in [2.24, 2.45) is 0 Å². The van der Waals surface area contributed by atoms with E-state index < -0.39 is 6.10 Å². The summed E-state index contributed by atoms with van der Waals surface area (Å²) in [6, 6.07) is 7.84. The lowest BCUT2D eigenvalue weighted by molar-refractivity contribution is 0.203. The van der Waals surface area contributed by atoms with Crippen molar-refractivity contribution in [1.29, 1.82) is 0 Å². The molecule has 0 bridgehead atoms. The van der Waals surface area contributed by atoms with Crippen molar-refractivity contribution >= 4 is 11.8 Å². The Kier molecular flexibility index (Phi) is 4.35. The Hall–Kier alpha value is -0.670. The quantitative estimate of drug-likeness (QED) is 0.841. The molecule has 1 aliphatic carbocycles. The van der Waals surface area contributed by atoms with Crippen molar-refractivity contribution in [3.63, 3.8) is 0 Å². The highest BCUT2D eigenvalue weighted by atomic mass is 32.2. The summed E-state index contributed by atoms with van der Waals surface area (Å²) in [5.41, 5.74) is 0.955. The maximum atomic E-state index is 10.1. The topological polar surface area (TPSA) is 29.5 Å². The van der Waals surface area contributed by atoms with Gasteiger partial charge in [0.05, 0.1) is 12.2 Å². The summed E-state index contributed by atoms with van der Waals surface area (Å²) in [6.07, 6.45) is 2.34. The third-order valence-corrected chi connectivity index (χ3v) is 3.83. The molecular weight excluding hydrogens is 232 g/mol. The number of thioether (sulfide) groups is 1. The molecule has 1 saturated carbocycles. The molecule has 2 nitrogen and oxygen atoms in total. The van der Waals surface area contributed by atoms with Gasteiger partial charge < -0.3 is 9.84 Å². The van der Waals surface area contributed by atoms with Crippen molar-refractivity contribution in [2.75, 3.05) is 5.75 Å². The first-order valence-corrected chi connectivity index (χ1v) is 7.26. The van der Waals surface area contributed by atoms with Crippen molar-refractivity contribution < 1.29 is 9.84 Å². The van der Waals surface area contributed by atoms with Crippen LogP contribution in [0.15, 0.2) is 24.3 Å². The summed E-state index contributed by atoms with van der Waals surface area (Å²) in [4.78, 5) is 0. The molecule has 0 spiro atoms. The minimum absolute atomic E-state index is 0.398. The Bertz CT molecular complexity index is 361. The van der Waals surface area contributed by atoms with Gasteiger partial charge in [0.2, 0.25) is 0 Å². The van der Waals surface area contributed by atoms with Gasteiger partial charge in [-0.2, -0.15) is 11.8 Å². The van der Waals surface area contributed by atoms with Crippen LogP contribution in [0.5, 0.6) is 5.75 Å². The summed E-state index contributed by atoms with van der Waals surface area (Å²) < 4.78 is 5.72. The largest absolute Gasteiger partial charge is 0.490 e. The molecule has 1 N–H and O–H groups in total. The van der Waals surface area contributed by atoms with Crippen LogP contribution < -0.4 is 4.74 Å². The van der Waals surface area contributed by atoms with Gasteiger partial charge in [-0.05, 0) is 35.8 Å². The van der Waals surface area contributed by atoms with E-state index in [1.54, 1.807) is 11.8 Å². The molecule has 3 heteroatoms. The SMILES string of the molecule is CC(C)SCC(O)c1cccc(OC2CC2)c1. The number of hydrogen-bond acceptors (Lipinski definition) is 3. The predicted molar refractivity (Wildman–Crippen MR) is 72.6 cm³/mol. The normalized spacial score (nSPS) is 17.2. The van der Waals surface area contributed by atoms with E-state index in [9.17, 15) is 5.11 Å². The lowest BCUT2D eigenvalue weighted by atomic mass is 10.1. The lowest BCUT2D eigenvalue weighted by Gasteiger charge is -2.13. The van der Waals surface area contributed by atoms with Gasteiger partial charge in [-0.15, -0.1) is 0 Å². The molecule has 0 aromatic heterocycles. The second-order valence-corrected chi connectivity index (χ2v) is 6.40. The Labute approximate surface area is 107 Å².